The van der Waals surface area contributed by atoms with Gasteiger partial charge < -0.3 is 14.4 Å². The number of hydrogen-bond acceptors (Lipinski definition) is 5. The van der Waals surface area contributed by atoms with E-state index in [4.69, 9.17) is 9.47 Å². The predicted molar refractivity (Wildman–Crippen MR) is 89.9 cm³/mol. The van der Waals surface area contributed by atoms with Crippen molar-refractivity contribution in [2.45, 2.75) is 6.18 Å². The van der Waals surface area contributed by atoms with Crippen LogP contribution in [0.3, 0.4) is 0 Å². The Kier molecular flexibility index (Phi) is 5.91. The number of nitro groups is 1. The largest absolute Gasteiger partial charge is 0.493 e. The average Bonchev–Trinajstić information content (AvgIpc) is 2.60. The number of hydrogen-bond donors (Lipinski definition) is 0. The smallest absolute Gasteiger partial charge is 0.418 e. The molecule has 0 radical (unpaired) electrons. The Morgan fingerprint density at radius 2 is 1.81 bits per heavy atom. The number of anilines is 1. The third kappa shape index (κ3) is 4.56. The Labute approximate surface area is 147 Å². The summed E-state index contributed by atoms with van der Waals surface area (Å²) in [7, 11) is 2.95. The highest BCUT2D eigenvalue weighted by Gasteiger charge is 2.36. The summed E-state index contributed by atoms with van der Waals surface area (Å²) >= 11 is 0. The number of likely N-dealkylation sites (N-methyl/N-ethyl adjacent to an activating group) is 1. The Hall–Kier alpha value is -2.97. The van der Waals surface area contributed by atoms with Gasteiger partial charge in [0.05, 0.1) is 24.1 Å². The number of halogens is 3. The maximum Gasteiger partial charge on any atom is 0.418 e. The van der Waals surface area contributed by atoms with E-state index in [1.165, 1.54) is 19.1 Å². The molecule has 0 fully saturated rings. The SMILES string of the molecule is COc1ccccc1OCCN(C)c1ccc([N+](=O)[O-])cc1C(F)(F)F. The van der Waals surface area contributed by atoms with Crippen LogP contribution < -0.4 is 14.4 Å². The van der Waals surface area contributed by atoms with E-state index in [1.54, 1.807) is 24.3 Å². The quantitative estimate of drug-likeness (QED) is 0.541. The lowest BCUT2D eigenvalue weighted by Crippen LogP contribution is -2.26. The molecular weight excluding hydrogens is 353 g/mol. The molecule has 0 saturated heterocycles. The number of ether oxygens (including phenoxy) is 2. The Morgan fingerprint density at radius 3 is 2.38 bits per heavy atom. The summed E-state index contributed by atoms with van der Waals surface area (Å²) in [5, 5.41) is 10.7. The number of nitrogens with zero attached hydrogens (tertiary/aromatic N) is 2. The Bertz CT molecular complexity index is 781. The van der Waals surface area contributed by atoms with Crippen LogP contribution in [-0.2, 0) is 6.18 Å². The molecule has 0 N–H and O–H groups in total. The monoisotopic (exact) mass is 370 g/mol. The summed E-state index contributed by atoms with van der Waals surface area (Å²) in [5.74, 6) is 0.990. The van der Waals surface area contributed by atoms with Crippen LogP contribution in [0.5, 0.6) is 11.5 Å². The van der Waals surface area contributed by atoms with Crippen LogP contribution in [0.25, 0.3) is 0 Å². The van der Waals surface area contributed by atoms with Crippen molar-refractivity contribution in [1.29, 1.82) is 0 Å². The molecule has 2 rings (SSSR count). The average molecular weight is 370 g/mol. The molecule has 9 heteroatoms. The fourth-order valence-corrected chi connectivity index (χ4v) is 2.35. The first kappa shape index (κ1) is 19.4. The van der Waals surface area contributed by atoms with Crippen LogP contribution in [0.1, 0.15) is 5.56 Å². The highest BCUT2D eigenvalue weighted by molar-refractivity contribution is 5.58. The summed E-state index contributed by atoms with van der Waals surface area (Å²) in [6.45, 7) is 0.240. The molecule has 140 valence electrons. The van der Waals surface area contributed by atoms with Crippen molar-refractivity contribution in [3.63, 3.8) is 0 Å². The fraction of sp³-hybridized carbons (Fsp3) is 0.294. The molecule has 6 nitrogen and oxygen atoms in total. The summed E-state index contributed by atoms with van der Waals surface area (Å²) in [5.41, 5.74) is -1.84. The van der Waals surface area contributed by atoms with Crippen molar-refractivity contribution in [3.05, 3.63) is 58.1 Å². The first-order valence-corrected chi connectivity index (χ1v) is 7.56. The third-order valence-corrected chi connectivity index (χ3v) is 3.66. The number of rotatable bonds is 7. The lowest BCUT2D eigenvalue weighted by molar-refractivity contribution is -0.385. The molecule has 0 bridgehead atoms. The van der Waals surface area contributed by atoms with Crippen LogP contribution in [0, 0.1) is 10.1 Å². The highest BCUT2D eigenvalue weighted by Crippen LogP contribution is 2.38. The Balaban J connectivity index is 2.14. The van der Waals surface area contributed by atoms with Gasteiger partial charge in [-0.05, 0) is 18.2 Å². The summed E-state index contributed by atoms with van der Waals surface area (Å²) in [4.78, 5) is 11.2. The molecule has 0 spiro atoms. The second-order valence-corrected chi connectivity index (χ2v) is 5.38. The minimum absolute atomic E-state index is 0.102. The molecular formula is C17H17F3N2O4. The number of benzene rings is 2. The first-order chi connectivity index (χ1) is 12.2. The van der Waals surface area contributed by atoms with Gasteiger partial charge in [0.2, 0.25) is 0 Å². The van der Waals surface area contributed by atoms with E-state index < -0.39 is 22.4 Å². The number of methoxy groups -OCH3 is 1. The second kappa shape index (κ2) is 7.94. The normalized spacial score (nSPS) is 11.1. The van der Waals surface area contributed by atoms with Gasteiger partial charge in [-0.15, -0.1) is 0 Å². The minimum Gasteiger partial charge on any atom is -0.493 e. The van der Waals surface area contributed by atoms with Gasteiger partial charge in [0, 0.05) is 24.9 Å². The molecule has 0 atom stereocenters. The van der Waals surface area contributed by atoms with Gasteiger partial charge in [0.1, 0.15) is 6.61 Å². The van der Waals surface area contributed by atoms with E-state index in [0.717, 1.165) is 12.1 Å². The zero-order chi connectivity index (χ0) is 19.3. The number of nitro benzene ring substituents is 1. The molecule has 0 aliphatic carbocycles. The molecule has 0 unspecified atom stereocenters. The van der Waals surface area contributed by atoms with E-state index in [-0.39, 0.29) is 18.8 Å². The molecule has 0 aliphatic heterocycles. The van der Waals surface area contributed by atoms with Crippen molar-refractivity contribution in [1.82, 2.24) is 0 Å². The fourth-order valence-electron chi connectivity index (χ4n) is 2.35. The van der Waals surface area contributed by atoms with Crippen LogP contribution in [0.15, 0.2) is 42.5 Å². The van der Waals surface area contributed by atoms with Crippen molar-refractivity contribution < 1.29 is 27.6 Å². The standard InChI is InChI=1S/C17H17F3N2O4/c1-21(9-10-26-16-6-4-3-5-15(16)25-2)14-8-7-12(22(23)24)11-13(14)17(18,19)20/h3-8,11H,9-10H2,1-2H3. The van der Waals surface area contributed by atoms with Gasteiger partial charge in [-0.2, -0.15) is 13.2 Å². The zero-order valence-corrected chi connectivity index (χ0v) is 14.1. The molecule has 2 aromatic rings. The maximum absolute atomic E-state index is 13.2. The predicted octanol–water partition coefficient (Wildman–Crippen LogP) is 4.14. The molecule has 0 aliphatic rings. The maximum atomic E-state index is 13.2. The van der Waals surface area contributed by atoms with Crippen LogP contribution in [0.4, 0.5) is 24.5 Å². The lowest BCUT2D eigenvalue weighted by atomic mass is 10.1. The van der Waals surface area contributed by atoms with Crippen LogP contribution >= 0.6 is 0 Å². The Morgan fingerprint density at radius 1 is 1.15 bits per heavy atom. The summed E-state index contributed by atoms with van der Waals surface area (Å²) in [6.07, 6.45) is -4.71. The van der Waals surface area contributed by atoms with Gasteiger partial charge in [-0.25, -0.2) is 0 Å². The van der Waals surface area contributed by atoms with Gasteiger partial charge in [-0.1, -0.05) is 12.1 Å². The molecule has 0 amide bonds. The molecule has 2 aromatic carbocycles. The lowest BCUT2D eigenvalue weighted by Gasteiger charge is -2.23. The van der Waals surface area contributed by atoms with E-state index in [2.05, 4.69) is 0 Å². The van der Waals surface area contributed by atoms with E-state index in [0.29, 0.717) is 17.6 Å². The highest BCUT2D eigenvalue weighted by atomic mass is 19.4. The van der Waals surface area contributed by atoms with E-state index in [9.17, 15) is 23.3 Å². The van der Waals surface area contributed by atoms with Crippen molar-refractivity contribution >= 4 is 11.4 Å². The van der Waals surface area contributed by atoms with Gasteiger partial charge in [-0.3, -0.25) is 10.1 Å². The van der Waals surface area contributed by atoms with Crippen LogP contribution in [-0.4, -0.2) is 32.2 Å². The second-order valence-electron chi connectivity index (χ2n) is 5.38. The molecule has 0 saturated carbocycles. The van der Waals surface area contributed by atoms with Crippen molar-refractivity contribution in [2.75, 3.05) is 32.2 Å². The topological polar surface area (TPSA) is 64.8 Å². The van der Waals surface area contributed by atoms with Crippen LogP contribution in [0.2, 0.25) is 0 Å². The number of non-ortho nitro benzene ring substituents is 1. The van der Waals surface area contributed by atoms with Crippen molar-refractivity contribution in [3.8, 4) is 11.5 Å². The van der Waals surface area contributed by atoms with E-state index in [1.807, 2.05) is 0 Å². The first-order valence-electron chi connectivity index (χ1n) is 7.56. The summed E-state index contributed by atoms with van der Waals surface area (Å²) in [6, 6.07) is 9.58. The van der Waals surface area contributed by atoms with Crippen molar-refractivity contribution in [2.24, 2.45) is 0 Å². The number of alkyl halides is 3. The summed E-state index contributed by atoms with van der Waals surface area (Å²) < 4.78 is 50.4. The zero-order valence-electron chi connectivity index (χ0n) is 14.1. The van der Waals surface area contributed by atoms with E-state index >= 15 is 0 Å². The molecule has 26 heavy (non-hydrogen) atoms. The van der Waals surface area contributed by atoms with Gasteiger partial charge >= 0.3 is 6.18 Å². The molecule has 0 aromatic heterocycles. The van der Waals surface area contributed by atoms with Gasteiger partial charge in [0.25, 0.3) is 5.69 Å². The molecule has 0 heterocycles. The third-order valence-electron chi connectivity index (χ3n) is 3.66. The number of para-hydroxylation sites is 2. The minimum atomic E-state index is -4.71. The van der Waals surface area contributed by atoms with Gasteiger partial charge in [0.15, 0.2) is 11.5 Å².